The van der Waals surface area contributed by atoms with Crippen LogP contribution in [-0.4, -0.2) is 47.9 Å². The number of amides is 3. The first-order chi connectivity index (χ1) is 18.5. The molecule has 2 aliphatic heterocycles. The van der Waals surface area contributed by atoms with Crippen molar-refractivity contribution < 1.29 is 9.59 Å². The predicted octanol–water partition coefficient (Wildman–Crippen LogP) is 7.15. The lowest BCUT2D eigenvalue weighted by atomic mass is 9.78. The molecule has 5 nitrogen and oxygen atoms in total. The van der Waals surface area contributed by atoms with Gasteiger partial charge in [0.1, 0.15) is 0 Å². The van der Waals surface area contributed by atoms with Crippen molar-refractivity contribution in [2.75, 3.05) is 26.2 Å². The van der Waals surface area contributed by atoms with Crippen molar-refractivity contribution >= 4 is 27.9 Å². The summed E-state index contributed by atoms with van der Waals surface area (Å²) in [5.74, 6) is 1.39. The Morgan fingerprint density at radius 2 is 1.26 bits per heavy atom. The first kappa shape index (κ1) is 26.5. The van der Waals surface area contributed by atoms with Crippen molar-refractivity contribution in [1.82, 2.24) is 15.1 Å². The van der Waals surface area contributed by atoms with Gasteiger partial charge in [-0.1, -0.05) is 70.5 Å². The molecular formula is C32H36BrN3O2. The van der Waals surface area contributed by atoms with Gasteiger partial charge in [-0.2, -0.15) is 0 Å². The van der Waals surface area contributed by atoms with E-state index in [4.69, 9.17) is 0 Å². The number of rotatable bonds is 5. The van der Waals surface area contributed by atoms with Crippen LogP contribution in [0.5, 0.6) is 0 Å². The molecule has 2 heterocycles. The van der Waals surface area contributed by atoms with Crippen LogP contribution in [0.3, 0.4) is 0 Å². The zero-order valence-corrected chi connectivity index (χ0v) is 23.6. The number of urea groups is 1. The standard InChI is InChI=1S/C32H36BrN3O2/c1-23(24-11-13-30(33)14-12-24)34-32(38)36-21-17-28(18-22-36)27-15-19-35(20-16-27)31(37)29-9-7-26(8-10-29)25-5-3-2-4-6-25/h2-14,23,27-28H,15-22H2,1H3,(H,34,38). The zero-order valence-electron chi connectivity index (χ0n) is 22.0. The molecule has 0 radical (unpaired) electrons. The Kier molecular flexibility index (Phi) is 8.48. The Labute approximate surface area is 234 Å². The van der Waals surface area contributed by atoms with Gasteiger partial charge in [0.25, 0.3) is 5.91 Å². The lowest BCUT2D eigenvalue weighted by Gasteiger charge is -2.40. The molecule has 1 N–H and O–H groups in total. The van der Waals surface area contributed by atoms with Gasteiger partial charge in [-0.15, -0.1) is 0 Å². The number of piperidine rings is 2. The van der Waals surface area contributed by atoms with Crippen LogP contribution >= 0.6 is 15.9 Å². The second-order valence-electron chi connectivity index (χ2n) is 10.6. The number of carbonyl (C=O) groups excluding carboxylic acids is 2. The van der Waals surface area contributed by atoms with Crippen LogP contribution in [0.1, 0.15) is 54.6 Å². The van der Waals surface area contributed by atoms with Gasteiger partial charge < -0.3 is 15.1 Å². The van der Waals surface area contributed by atoms with Crippen LogP contribution in [0.2, 0.25) is 0 Å². The van der Waals surface area contributed by atoms with Gasteiger partial charge in [-0.05, 0) is 85.4 Å². The molecule has 6 heteroatoms. The molecule has 2 fully saturated rings. The lowest BCUT2D eigenvalue weighted by Crippen LogP contribution is -2.47. The van der Waals surface area contributed by atoms with Crippen LogP contribution < -0.4 is 5.32 Å². The second kappa shape index (κ2) is 12.2. The van der Waals surface area contributed by atoms with Crippen LogP contribution in [0.4, 0.5) is 4.79 Å². The minimum atomic E-state index is -0.0234. The Balaban J connectivity index is 1.07. The van der Waals surface area contributed by atoms with Gasteiger partial charge >= 0.3 is 6.03 Å². The molecule has 38 heavy (non-hydrogen) atoms. The first-order valence-corrected chi connectivity index (χ1v) is 14.5. The highest BCUT2D eigenvalue weighted by atomic mass is 79.9. The SMILES string of the molecule is CC(NC(=O)N1CCC(C2CCN(C(=O)c3ccc(-c4ccccc4)cc3)CC2)CC1)c1ccc(Br)cc1. The smallest absolute Gasteiger partial charge is 0.317 e. The van der Waals surface area contributed by atoms with Crippen molar-refractivity contribution in [1.29, 1.82) is 0 Å². The third kappa shape index (κ3) is 6.29. The number of benzene rings is 3. The molecule has 0 aromatic heterocycles. The number of hydrogen-bond donors (Lipinski definition) is 1. The van der Waals surface area contributed by atoms with Gasteiger partial charge in [0, 0.05) is 36.2 Å². The van der Waals surface area contributed by atoms with Crippen molar-refractivity contribution in [3.05, 3.63) is 94.5 Å². The summed E-state index contributed by atoms with van der Waals surface area (Å²) in [7, 11) is 0. The minimum absolute atomic E-state index is 0.0234. The molecule has 0 spiro atoms. The van der Waals surface area contributed by atoms with Gasteiger partial charge in [0.2, 0.25) is 0 Å². The molecule has 3 aromatic carbocycles. The van der Waals surface area contributed by atoms with Crippen molar-refractivity contribution in [2.24, 2.45) is 11.8 Å². The molecule has 3 aromatic rings. The van der Waals surface area contributed by atoms with E-state index in [-0.39, 0.29) is 18.0 Å². The van der Waals surface area contributed by atoms with Crippen molar-refractivity contribution in [2.45, 2.75) is 38.6 Å². The molecule has 0 aliphatic carbocycles. The highest BCUT2D eigenvalue weighted by molar-refractivity contribution is 9.10. The maximum atomic E-state index is 13.1. The zero-order chi connectivity index (χ0) is 26.5. The monoisotopic (exact) mass is 573 g/mol. The van der Waals surface area contributed by atoms with Gasteiger partial charge in [-0.25, -0.2) is 4.79 Å². The summed E-state index contributed by atoms with van der Waals surface area (Å²) in [5, 5.41) is 3.15. The molecule has 3 amide bonds. The van der Waals surface area contributed by atoms with E-state index in [0.29, 0.717) is 11.8 Å². The molecule has 1 unspecified atom stereocenters. The number of nitrogens with zero attached hydrogens (tertiary/aromatic N) is 2. The maximum Gasteiger partial charge on any atom is 0.317 e. The summed E-state index contributed by atoms with van der Waals surface area (Å²) in [6.07, 6.45) is 4.18. The molecule has 1 atom stereocenters. The van der Waals surface area contributed by atoms with Crippen LogP contribution in [-0.2, 0) is 0 Å². The van der Waals surface area contributed by atoms with E-state index in [1.165, 1.54) is 0 Å². The maximum absolute atomic E-state index is 13.1. The molecule has 5 rings (SSSR count). The minimum Gasteiger partial charge on any atom is -0.339 e. The Morgan fingerprint density at radius 3 is 1.84 bits per heavy atom. The first-order valence-electron chi connectivity index (χ1n) is 13.7. The summed E-state index contributed by atoms with van der Waals surface area (Å²) >= 11 is 3.46. The average Bonchev–Trinajstić information content (AvgIpc) is 2.98. The highest BCUT2D eigenvalue weighted by Gasteiger charge is 2.32. The van der Waals surface area contributed by atoms with Crippen molar-refractivity contribution in [3.8, 4) is 11.1 Å². The fourth-order valence-corrected chi connectivity index (χ4v) is 6.14. The topological polar surface area (TPSA) is 52.7 Å². The third-order valence-electron chi connectivity index (χ3n) is 8.27. The molecule has 0 bridgehead atoms. The largest absolute Gasteiger partial charge is 0.339 e. The van der Waals surface area contributed by atoms with Gasteiger partial charge in [-0.3, -0.25) is 4.79 Å². The second-order valence-corrected chi connectivity index (χ2v) is 11.5. The van der Waals surface area contributed by atoms with E-state index in [1.54, 1.807) is 0 Å². The highest BCUT2D eigenvalue weighted by Crippen LogP contribution is 2.33. The van der Waals surface area contributed by atoms with Crippen LogP contribution in [0.15, 0.2) is 83.3 Å². The predicted molar refractivity (Wildman–Crippen MR) is 156 cm³/mol. The molecule has 0 saturated carbocycles. The molecule has 2 saturated heterocycles. The molecule has 2 aliphatic rings. The number of halogens is 1. The Bertz CT molecular complexity index is 1210. The quantitative estimate of drug-likeness (QED) is 0.352. The molecular weight excluding hydrogens is 538 g/mol. The Morgan fingerprint density at radius 1 is 0.737 bits per heavy atom. The lowest BCUT2D eigenvalue weighted by molar-refractivity contribution is 0.0615. The van der Waals surface area contributed by atoms with Crippen molar-refractivity contribution in [3.63, 3.8) is 0 Å². The summed E-state index contributed by atoms with van der Waals surface area (Å²) in [6.45, 7) is 5.26. The number of nitrogens with one attached hydrogen (secondary N) is 1. The number of carbonyl (C=O) groups is 2. The summed E-state index contributed by atoms with van der Waals surface area (Å²) in [4.78, 5) is 30.0. The van der Waals surface area contributed by atoms with E-state index in [2.05, 4.69) is 33.4 Å². The summed E-state index contributed by atoms with van der Waals surface area (Å²) in [6, 6.07) is 26.3. The third-order valence-corrected chi connectivity index (χ3v) is 8.80. The summed E-state index contributed by atoms with van der Waals surface area (Å²) in [5.41, 5.74) is 4.16. The Hall–Kier alpha value is -3.12. The average molecular weight is 575 g/mol. The van der Waals surface area contributed by atoms with E-state index in [9.17, 15) is 9.59 Å². The van der Waals surface area contributed by atoms with E-state index in [1.807, 2.05) is 83.5 Å². The fourth-order valence-electron chi connectivity index (χ4n) is 5.88. The number of hydrogen-bond acceptors (Lipinski definition) is 2. The fraction of sp³-hybridized carbons (Fsp3) is 0.375. The van der Waals surface area contributed by atoms with Gasteiger partial charge in [0.05, 0.1) is 6.04 Å². The van der Waals surface area contributed by atoms with Crippen LogP contribution in [0, 0.1) is 11.8 Å². The number of likely N-dealkylation sites (tertiary alicyclic amines) is 2. The summed E-state index contributed by atoms with van der Waals surface area (Å²) < 4.78 is 1.04. The molecule has 198 valence electrons. The van der Waals surface area contributed by atoms with Crippen LogP contribution in [0.25, 0.3) is 11.1 Å². The van der Waals surface area contributed by atoms with E-state index >= 15 is 0 Å². The van der Waals surface area contributed by atoms with E-state index < -0.39 is 0 Å². The van der Waals surface area contributed by atoms with E-state index in [0.717, 1.165) is 78.6 Å². The normalized spacial score (nSPS) is 17.7. The van der Waals surface area contributed by atoms with Gasteiger partial charge in [0.15, 0.2) is 0 Å².